The molecule has 0 saturated heterocycles. The minimum absolute atomic E-state index is 0.0237. The Hall–Kier alpha value is -1.51. The second-order valence-electron chi connectivity index (χ2n) is 3.79. The van der Waals surface area contributed by atoms with Crippen LogP contribution in [0.3, 0.4) is 0 Å². The lowest BCUT2D eigenvalue weighted by Gasteiger charge is -2.06. The van der Waals surface area contributed by atoms with Crippen LogP contribution in [0.15, 0.2) is 29.4 Å². The first-order valence-electron chi connectivity index (χ1n) is 5.52. The fourth-order valence-corrected chi connectivity index (χ4v) is 2.19. The van der Waals surface area contributed by atoms with Crippen LogP contribution in [0.4, 0.5) is 5.82 Å². The van der Waals surface area contributed by atoms with Crippen LogP contribution in [-0.4, -0.2) is 11.2 Å². The maximum Gasteiger partial charge on any atom is 0.168 e. The van der Waals surface area contributed by atoms with Crippen LogP contribution in [-0.2, 0) is 0 Å². The van der Waals surface area contributed by atoms with E-state index in [0.717, 1.165) is 5.56 Å². The molecule has 0 spiro atoms. The topological polar surface area (TPSA) is 61.1 Å². The zero-order valence-corrected chi connectivity index (χ0v) is 13.3. The SMILES string of the molecule is N#Cc1c(Cl)nc(N/N=C/c2ccc(Cl)cc2)c(Cl)c1Cl. The number of halogens is 4. The molecule has 1 N–H and O–H groups in total. The molecular weight excluding hydrogens is 354 g/mol. The van der Waals surface area contributed by atoms with Gasteiger partial charge >= 0.3 is 0 Å². The molecule has 0 aliphatic carbocycles. The first-order valence-corrected chi connectivity index (χ1v) is 7.03. The van der Waals surface area contributed by atoms with Crippen molar-refractivity contribution in [1.29, 1.82) is 5.26 Å². The van der Waals surface area contributed by atoms with E-state index in [-0.39, 0.29) is 26.6 Å². The van der Waals surface area contributed by atoms with E-state index in [1.165, 1.54) is 0 Å². The highest BCUT2D eigenvalue weighted by Gasteiger charge is 2.15. The van der Waals surface area contributed by atoms with E-state index in [4.69, 9.17) is 51.7 Å². The number of benzene rings is 1. The highest BCUT2D eigenvalue weighted by atomic mass is 35.5. The number of anilines is 1. The Kier molecular flexibility index (Phi) is 5.27. The van der Waals surface area contributed by atoms with Gasteiger partial charge in [-0.05, 0) is 17.7 Å². The monoisotopic (exact) mass is 358 g/mol. The third kappa shape index (κ3) is 3.78. The largest absolute Gasteiger partial charge is 0.260 e. The number of nitriles is 1. The second kappa shape index (κ2) is 6.97. The third-order valence-electron chi connectivity index (χ3n) is 2.40. The standard InChI is InChI=1S/C13H6Cl4N4/c14-8-3-1-7(2-4-8)6-19-21-13-11(16)10(15)9(5-18)12(17)20-13/h1-4,6H,(H,20,21)/b19-6+. The summed E-state index contributed by atoms with van der Waals surface area (Å²) in [5, 5.41) is 13.6. The van der Waals surface area contributed by atoms with Gasteiger partial charge in [-0.3, -0.25) is 5.43 Å². The van der Waals surface area contributed by atoms with Gasteiger partial charge in [0, 0.05) is 5.02 Å². The Morgan fingerprint density at radius 3 is 2.38 bits per heavy atom. The van der Waals surface area contributed by atoms with Crippen molar-refractivity contribution in [3.05, 3.63) is 55.6 Å². The molecule has 4 nitrogen and oxygen atoms in total. The molecule has 2 rings (SSSR count). The van der Waals surface area contributed by atoms with Crippen LogP contribution >= 0.6 is 46.4 Å². The fourth-order valence-electron chi connectivity index (χ4n) is 1.39. The highest BCUT2D eigenvalue weighted by Crippen LogP contribution is 2.34. The van der Waals surface area contributed by atoms with E-state index in [2.05, 4.69) is 15.5 Å². The average molecular weight is 360 g/mol. The molecule has 0 aliphatic heterocycles. The molecule has 8 heteroatoms. The summed E-state index contributed by atoms with van der Waals surface area (Å²) in [6, 6.07) is 8.89. The van der Waals surface area contributed by atoms with E-state index < -0.39 is 0 Å². The Morgan fingerprint density at radius 2 is 1.76 bits per heavy atom. The fraction of sp³-hybridized carbons (Fsp3) is 0. The van der Waals surface area contributed by atoms with Gasteiger partial charge in [-0.2, -0.15) is 10.4 Å². The van der Waals surface area contributed by atoms with Gasteiger partial charge in [0.2, 0.25) is 0 Å². The van der Waals surface area contributed by atoms with E-state index in [0.29, 0.717) is 5.02 Å². The van der Waals surface area contributed by atoms with Crippen LogP contribution in [0, 0.1) is 11.3 Å². The summed E-state index contributed by atoms with van der Waals surface area (Å²) >= 11 is 23.5. The molecule has 0 amide bonds. The lowest BCUT2D eigenvalue weighted by atomic mass is 10.2. The van der Waals surface area contributed by atoms with Crippen molar-refractivity contribution in [3.8, 4) is 6.07 Å². The molecule has 1 aromatic carbocycles. The number of hydrogen-bond donors (Lipinski definition) is 1. The van der Waals surface area contributed by atoms with Gasteiger partial charge in [0.05, 0.1) is 11.2 Å². The zero-order valence-electron chi connectivity index (χ0n) is 10.2. The minimum Gasteiger partial charge on any atom is -0.260 e. The van der Waals surface area contributed by atoms with Crippen molar-refractivity contribution >= 4 is 58.4 Å². The van der Waals surface area contributed by atoms with Crippen LogP contribution < -0.4 is 5.43 Å². The highest BCUT2D eigenvalue weighted by molar-refractivity contribution is 6.45. The van der Waals surface area contributed by atoms with E-state index in [1.807, 2.05) is 6.07 Å². The number of hydrogen-bond acceptors (Lipinski definition) is 4. The molecule has 0 radical (unpaired) electrons. The molecule has 0 atom stereocenters. The molecule has 106 valence electrons. The third-order valence-corrected chi connectivity index (χ3v) is 3.77. The van der Waals surface area contributed by atoms with Gasteiger partial charge in [-0.15, -0.1) is 0 Å². The molecule has 0 aliphatic rings. The lowest BCUT2D eigenvalue weighted by molar-refractivity contribution is 1.22. The molecule has 0 bridgehead atoms. The lowest BCUT2D eigenvalue weighted by Crippen LogP contribution is -1.97. The number of hydrazone groups is 1. The molecular formula is C13H6Cl4N4. The van der Waals surface area contributed by atoms with Gasteiger partial charge in [-0.25, -0.2) is 4.98 Å². The van der Waals surface area contributed by atoms with E-state index in [9.17, 15) is 0 Å². The smallest absolute Gasteiger partial charge is 0.168 e. The van der Waals surface area contributed by atoms with E-state index in [1.54, 1.807) is 30.5 Å². The van der Waals surface area contributed by atoms with Crippen LogP contribution in [0.25, 0.3) is 0 Å². The van der Waals surface area contributed by atoms with Gasteiger partial charge < -0.3 is 0 Å². The minimum atomic E-state index is -0.0453. The van der Waals surface area contributed by atoms with Crippen molar-refractivity contribution in [2.45, 2.75) is 0 Å². The Bertz CT molecular complexity index is 735. The molecule has 2 aromatic rings. The summed E-state index contributed by atoms with van der Waals surface area (Å²) in [6.45, 7) is 0. The molecule has 1 heterocycles. The van der Waals surface area contributed by atoms with Gasteiger partial charge in [0.15, 0.2) is 11.0 Å². The van der Waals surface area contributed by atoms with Crippen molar-refractivity contribution in [1.82, 2.24) is 4.98 Å². The number of aromatic nitrogens is 1. The number of pyridine rings is 1. The molecule has 0 unspecified atom stereocenters. The van der Waals surface area contributed by atoms with Crippen molar-refractivity contribution in [2.75, 3.05) is 5.43 Å². The molecule has 21 heavy (non-hydrogen) atoms. The quantitative estimate of drug-likeness (QED) is 0.475. The summed E-state index contributed by atoms with van der Waals surface area (Å²) in [5.41, 5.74) is 3.48. The first kappa shape index (κ1) is 15.9. The van der Waals surface area contributed by atoms with Crippen molar-refractivity contribution in [3.63, 3.8) is 0 Å². The normalized spacial score (nSPS) is 10.6. The predicted molar refractivity (Wildman–Crippen MR) is 86.7 cm³/mol. The Morgan fingerprint density at radius 1 is 1.10 bits per heavy atom. The summed E-state index contributed by atoms with van der Waals surface area (Å²) in [4.78, 5) is 3.93. The summed E-state index contributed by atoms with van der Waals surface area (Å²) < 4.78 is 0. The van der Waals surface area contributed by atoms with Crippen molar-refractivity contribution in [2.24, 2.45) is 5.10 Å². The average Bonchev–Trinajstić information content (AvgIpc) is 2.47. The molecule has 0 fully saturated rings. The first-order chi connectivity index (χ1) is 10.0. The maximum absolute atomic E-state index is 8.88. The second-order valence-corrected chi connectivity index (χ2v) is 5.34. The molecule has 0 saturated carbocycles. The maximum atomic E-state index is 8.88. The van der Waals surface area contributed by atoms with Gasteiger partial charge in [-0.1, -0.05) is 58.5 Å². The number of nitrogens with zero attached hydrogens (tertiary/aromatic N) is 3. The summed E-state index contributed by atoms with van der Waals surface area (Å²) in [5.74, 6) is 0.163. The van der Waals surface area contributed by atoms with Crippen LogP contribution in [0.1, 0.15) is 11.1 Å². The van der Waals surface area contributed by atoms with Gasteiger partial charge in [0.25, 0.3) is 0 Å². The van der Waals surface area contributed by atoms with Gasteiger partial charge in [0.1, 0.15) is 16.7 Å². The zero-order chi connectivity index (χ0) is 15.4. The van der Waals surface area contributed by atoms with Crippen LogP contribution in [0.2, 0.25) is 20.2 Å². The summed E-state index contributed by atoms with van der Waals surface area (Å²) in [7, 11) is 0. The van der Waals surface area contributed by atoms with E-state index >= 15 is 0 Å². The van der Waals surface area contributed by atoms with Crippen molar-refractivity contribution < 1.29 is 0 Å². The number of rotatable bonds is 3. The number of nitrogens with one attached hydrogen (secondary N) is 1. The summed E-state index contributed by atoms with van der Waals surface area (Å²) in [6.07, 6.45) is 1.55. The Balaban J connectivity index is 2.21. The Labute approximate surface area is 140 Å². The molecule has 1 aromatic heterocycles. The van der Waals surface area contributed by atoms with Crippen LogP contribution in [0.5, 0.6) is 0 Å². The predicted octanol–water partition coefficient (Wildman–Crippen LogP) is 5.01.